The predicted octanol–water partition coefficient (Wildman–Crippen LogP) is 2.30. The minimum absolute atomic E-state index is 0.430. The number of carbonyl (C=O) groups excluding carboxylic acids is 1. The Kier molecular flexibility index (Phi) is 4.98. The Labute approximate surface area is 118 Å². The lowest BCUT2D eigenvalue weighted by molar-refractivity contribution is -0.139. The van der Waals surface area contributed by atoms with Gasteiger partial charge in [0, 0.05) is 6.54 Å². The van der Waals surface area contributed by atoms with Crippen LogP contribution in [0.1, 0.15) is 37.3 Å². The number of carboxylic acids is 1. The molecule has 1 atom stereocenters. The third-order valence-corrected chi connectivity index (χ3v) is 3.72. The van der Waals surface area contributed by atoms with Crippen LogP contribution in [-0.4, -0.2) is 23.7 Å². The van der Waals surface area contributed by atoms with Gasteiger partial charge >= 0.3 is 12.0 Å². The fourth-order valence-electron chi connectivity index (χ4n) is 2.29. The summed E-state index contributed by atoms with van der Waals surface area (Å²) in [5, 5.41) is 14.4. The van der Waals surface area contributed by atoms with Gasteiger partial charge in [-0.25, -0.2) is 9.59 Å². The van der Waals surface area contributed by atoms with Crippen molar-refractivity contribution in [3.05, 3.63) is 35.9 Å². The van der Waals surface area contributed by atoms with E-state index in [1.165, 1.54) is 19.3 Å². The first-order chi connectivity index (χ1) is 9.66. The number of carboxylic acid groups (broad SMARTS) is 1. The van der Waals surface area contributed by atoms with E-state index in [0.29, 0.717) is 12.1 Å². The highest BCUT2D eigenvalue weighted by Crippen LogP contribution is 2.28. The fraction of sp³-hybridized carbons (Fsp3) is 0.467. The van der Waals surface area contributed by atoms with E-state index in [9.17, 15) is 14.7 Å². The van der Waals surface area contributed by atoms with Crippen molar-refractivity contribution in [1.29, 1.82) is 0 Å². The highest BCUT2D eigenvalue weighted by Gasteiger charge is 2.22. The average molecular weight is 276 g/mol. The number of amides is 2. The minimum Gasteiger partial charge on any atom is -0.479 e. The molecule has 2 rings (SSSR count). The molecule has 20 heavy (non-hydrogen) atoms. The van der Waals surface area contributed by atoms with Crippen LogP contribution in [0.4, 0.5) is 4.79 Å². The Hall–Kier alpha value is -2.04. The zero-order valence-electron chi connectivity index (χ0n) is 11.3. The van der Waals surface area contributed by atoms with Crippen LogP contribution in [0.3, 0.4) is 0 Å². The monoisotopic (exact) mass is 276 g/mol. The van der Waals surface area contributed by atoms with Crippen LogP contribution in [0, 0.1) is 5.92 Å². The quantitative estimate of drug-likeness (QED) is 0.746. The third kappa shape index (κ3) is 3.98. The van der Waals surface area contributed by atoms with Crippen LogP contribution in [0.25, 0.3) is 0 Å². The molecular weight excluding hydrogens is 256 g/mol. The number of benzene rings is 1. The molecule has 0 aromatic heterocycles. The Balaban J connectivity index is 1.81. The van der Waals surface area contributed by atoms with E-state index in [1.807, 2.05) is 0 Å². The molecule has 0 heterocycles. The van der Waals surface area contributed by atoms with Crippen LogP contribution in [-0.2, 0) is 4.79 Å². The maximum Gasteiger partial charge on any atom is 0.330 e. The van der Waals surface area contributed by atoms with E-state index < -0.39 is 18.0 Å². The molecule has 2 amide bonds. The Morgan fingerprint density at radius 2 is 1.95 bits per heavy atom. The Bertz CT molecular complexity index is 457. The molecule has 1 saturated carbocycles. The Morgan fingerprint density at radius 3 is 2.50 bits per heavy atom. The van der Waals surface area contributed by atoms with Crippen LogP contribution in [0.5, 0.6) is 0 Å². The lowest BCUT2D eigenvalue weighted by atomic mass is 9.83. The van der Waals surface area contributed by atoms with Gasteiger partial charge in [0.05, 0.1) is 0 Å². The molecule has 1 aliphatic carbocycles. The molecule has 108 valence electrons. The van der Waals surface area contributed by atoms with E-state index in [1.54, 1.807) is 30.3 Å². The lowest BCUT2D eigenvalue weighted by Gasteiger charge is -2.25. The topological polar surface area (TPSA) is 78.4 Å². The van der Waals surface area contributed by atoms with Crippen LogP contribution >= 0.6 is 0 Å². The van der Waals surface area contributed by atoms with Crippen molar-refractivity contribution in [2.75, 3.05) is 6.54 Å². The van der Waals surface area contributed by atoms with E-state index in [0.717, 1.165) is 12.3 Å². The van der Waals surface area contributed by atoms with Crippen LogP contribution in [0.15, 0.2) is 30.3 Å². The second-order valence-electron chi connectivity index (χ2n) is 5.17. The molecule has 3 N–H and O–H groups in total. The van der Waals surface area contributed by atoms with Crippen molar-refractivity contribution < 1.29 is 14.7 Å². The second kappa shape index (κ2) is 6.93. The van der Waals surface area contributed by atoms with Gasteiger partial charge in [-0.15, -0.1) is 0 Å². The molecule has 1 aromatic carbocycles. The number of hydrogen-bond donors (Lipinski definition) is 3. The van der Waals surface area contributed by atoms with Crippen molar-refractivity contribution >= 4 is 12.0 Å². The molecule has 0 spiro atoms. The first-order valence-corrected chi connectivity index (χ1v) is 6.99. The SMILES string of the molecule is O=C(NCCC1CCC1)N[C@H](C(=O)O)c1ccccc1. The summed E-state index contributed by atoms with van der Waals surface area (Å²) in [5.41, 5.74) is 0.564. The maximum atomic E-state index is 11.7. The molecule has 0 saturated heterocycles. The Morgan fingerprint density at radius 1 is 1.25 bits per heavy atom. The number of carbonyl (C=O) groups is 2. The number of hydrogen-bond acceptors (Lipinski definition) is 2. The molecule has 1 fully saturated rings. The normalized spacial score (nSPS) is 16.0. The van der Waals surface area contributed by atoms with Crippen molar-refractivity contribution in [3.63, 3.8) is 0 Å². The van der Waals surface area contributed by atoms with Gasteiger partial charge in [0.15, 0.2) is 6.04 Å². The molecule has 0 radical (unpaired) electrons. The number of rotatable bonds is 6. The largest absolute Gasteiger partial charge is 0.479 e. The molecule has 5 heteroatoms. The minimum atomic E-state index is -1.06. The van der Waals surface area contributed by atoms with Crippen molar-refractivity contribution in [2.45, 2.75) is 31.7 Å². The summed E-state index contributed by atoms with van der Waals surface area (Å²) in [7, 11) is 0. The van der Waals surface area contributed by atoms with Gasteiger partial charge in [0.2, 0.25) is 0 Å². The molecule has 5 nitrogen and oxygen atoms in total. The number of nitrogens with one attached hydrogen (secondary N) is 2. The van der Waals surface area contributed by atoms with Gasteiger partial charge in [-0.2, -0.15) is 0 Å². The summed E-state index contributed by atoms with van der Waals surface area (Å²) in [6.07, 6.45) is 4.73. The van der Waals surface area contributed by atoms with Crippen molar-refractivity contribution in [1.82, 2.24) is 10.6 Å². The highest BCUT2D eigenvalue weighted by atomic mass is 16.4. The third-order valence-electron chi connectivity index (χ3n) is 3.72. The van der Waals surface area contributed by atoms with E-state index >= 15 is 0 Å². The van der Waals surface area contributed by atoms with Gasteiger partial charge in [-0.05, 0) is 17.9 Å². The molecule has 1 aliphatic rings. The predicted molar refractivity (Wildman–Crippen MR) is 75.3 cm³/mol. The molecule has 0 unspecified atom stereocenters. The lowest BCUT2D eigenvalue weighted by Crippen LogP contribution is -2.41. The first kappa shape index (κ1) is 14.4. The van der Waals surface area contributed by atoms with Gasteiger partial charge in [-0.3, -0.25) is 0 Å². The molecule has 1 aromatic rings. The summed E-state index contributed by atoms with van der Waals surface area (Å²) in [4.78, 5) is 23.0. The van der Waals surface area contributed by atoms with E-state index in [4.69, 9.17) is 0 Å². The van der Waals surface area contributed by atoms with Gasteiger partial charge in [-0.1, -0.05) is 49.6 Å². The second-order valence-corrected chi connectivity index (χ2v) is 5.17. The van der Waals surface area contributed by atoms with Crippen molar-refractivity contribution in [2.24, 2.45) is 5.92 Å². The fourth-order valence-corrected chi connectivity index (χ4v) is 2.29. The zero-order valence-corrected chi connectivity index (χ0v) is 11.3. The molecule has 0 bridgehead atoms. The van der Waals surface area contributed by atoms with Crippen molar-refractivity contribution in [3.8, 4) is 0 Å². The van der Waals surface area contributed by atoms with Gasteiger partial charge < -0.3 is 15.7 Å². The van der Waals surface area contributed by atoms with Crippen LogP contribution in [0.2, 0.25) is 0 Å². The summed E-state index contributed by atoms with van der Waals surface area (Å²) in [6, 6.07) is 7.24. The maximum absolute atomic E-state index is 11.7. The highest BCUT2D eigenvalue weighted by molar-refractivity contribution is 5.83. The smallest absolute Gasteiger partial charge is 0.330 e. The van der Waals surface area contributed by atoms with Gasteiger partial charge in [0.25, 0.3) is 0 Å². The molecular formula is C15H20N2O3. The van der Waals surface area contributed by atoms with Gasteiger partial charge in [0.1, 0.15) is 0 Å². The summed E-state index contributed by atoms with van der Waals surface area (Å²) >= 11 is 0. The summed E-state index contributed by atoms with van der Waals surface area (Å²) in [5.74, 6) is -0.343. The van der Waals surface area contributed by atoms with Crippen LogP contribution < -0.4 is 10.6 Å². The van der Waals surface area contributed by atoms with E-state index in [-0.39, 0.29) is 0 Å². The standard InChI is InChI=1S/C15H20N2O3/c18-14(19)13(12-7-2-1-3-8-12)17-15(20)16-10-9-11-5-4-6-11/h1-3,7-8,11,13H,4-6,9-10H2,(H,18,19)(H2,16,17,20)/t13-/m0/s1. The van der Waals surface area contributed by atoms with E-state index in [2.05, 4.69) is 10.6 Å². The molecule has 0 aliphatic heterocycles. The first-order valence-electron chi connectivity index (χ1n) is 6.99. The number of urea groups is 1. The number of aliphatic carboxylic acids is 1. The summed E-state index contributed by atoms with van der Waals surface area (Å²) in [6.45, 7) is 0.595. The average Bonchev–Trinajstić information content (AvgIpc) is 2.39. The summed E-state index contributed by atoms with van der Waals surface area (Å²) < 4.78 is 0. The zero-order chi connectivity index (χ0) is 14.4.